The highest BCUT2D eigenvalue weighted by Gasteiger charge is 2.34. The maximum absolute atomic E-state index is 12.9. The highest BCUT2D eigenvalue weighted by atomic mass is 19.4. The number of halogens is 3. The molecule has 0 aliphatic carbocycles. The molecule has 0 aromatic heterocycles. The quantitative estimate of drug-likeness (QED) is 0.458. The number of nitro groups is 1. The van der Waals surface area contributed by atoms with Gasteiger partial charge in [-0.25, -0.2) is 0 Å². The number of aliphatic hydroxyl groups excluding tert-OH is 1. The Balaban J connectivity index is 1.42. The molecule has 1 N–H and O–H groups in total. The second-order valence-electron chi connectivity index (χ2n) is 7.87. The van der Waals surface area contributed by atoms with Gasteiger partial charge in [-0.2, -0.15) is 13.2 Å². The Kier molecular flexibility index (Phi) is 6.03. The molecule has 1 fully saturated rings. The van der Waals surface area contributed by atoms with Crippen molar-refractivity contribution in [1.82, 2.24) is 4.90 Å². The second kappa shape index (κ2) is 8.76. The van der Waals surface area contributed by atoms with Crippen LogP contribution in [0.15, 0.2) is 60.7 Å². The number of fused-ring (bicyclic) bond motifs is 1. The normalized spacial score (nSPS) is 16.3. The van der Waals surface area contributed by atoms with Gasteiger partial charge in [-0.1, -0.05) is 36.4 Å². The van der Waals surface area contributed by atoms with Crippen LogP contribution in [-0.2, 0) is 6.18 Å². The molecule has 0 amide bonds. The van der Waals surface area contributed by atoms with Crippen molar-refractivity contribution in [3.05, 3.63) is 81.9 Å². The summed E-state index contributed by atoms with van der Waals surface area (Å²) in [4.78, 5) is 14.4. The highest BCUT2D eigenvalue weighted by Crippen LogP contribution is 2.36. The van der Waals surface area contributed by atoms with Crippen LogP contribution in [0.3, 0.4) is 0 Å². The Hall–Kier alpha value is -3.17. The minimum absolute atomic E-state index is 0.178. The van der Waals surface area contributed by atoms with Crippen LogP contribution in [0.25, 0.3) is 10.8 Å². The first-order valence-corrected chi connectivity index (χ1v) is 10.2. The maximum atomic E-state index is 12.9. The van der Waals surface area contributed by atoms with Gasteiger partial charge in [0.25, 0.3) is 5.69 Å². The number of rotatable bonds is 5. The lowest BCUT2D eigenvalue weighted by atomic mass is 10.0. The zero-order valence-corrected chi connectivity index (χ0v) is 17.1. The van der Waals surface area contributed by atoms with E-state index in [-0.39, 0.29) is 5.69 Å². The van der Waals surface area contributed by atoms with Gasteiger partial charge in [0.1, 0.15) is 5.69 Å². The number of hydrogen-bond donors (Lipinski definition) is 1. The van der Waals surface area contributed by atoms with Gasteiger partial charge in [-0.15, -0.1) is 0 Å². The number of hydrogen-bond acceptors (Lipinski definition) is 5. The summed E-state index contributed by atoms with van der Waals surface area (Å²) in [5.74, 6) is 0. The van der Waals surface area contributed by atoms with Gasteiger partial charge < -0.3 is 10.0 Å². The van der Waals surface area contributed by atoms with Crippen LogP contribution >= 0.6 is 0 Å². The molecule has 0 saturated carbocycles. The highest BCUT2D eigenvalue weighted by molar-refractivity contribution is 5.83. The van der Waals surface area contributed by atoms with Crippen molar-refractivity contribution in [1.29, 1.82) is 0 Å². The average Bonchev–Trinajstić information content (AvgIpc) is 2.78. The summed E-state index contributed by atoms with van der Waals surface area (Å²) in [7, 11) is 0. The molecule has 168 valence electrons. The van der Waals surface area contributed by atoms with E-state index in [0.29, 0.717) is 38.8 Å². The van der Waals surface area contributed by atoms with E-state index >= 15 is 0 Å². The van der Waals surface area contributed by atoms with E-state index in [1.54, 1.807) is 4.90 Å². The van der Waals surface area contributed by atoms with Crippen molar-refractivity contribution in [2.75, 3.05) is 37.6 Å². The van der Waals surface area contributed by atoms with E-state index in [0.717, 1.165) is 22.4 Å². The SMILES string of the molecule is O=[N+]([O-])c1cc(C(F)(F)F)ccc1N1CCN(CC(O)c2ccc3ccccc3c2)CC1. The van der Waals surface area contributed by atoms with Gasteiger partial charge >= 0.3 is 6.18 Å². The molecule has 6 nitrogen and oxygen atoms in total. The van der Waals surface area contributed by atoms with Gasteiger partial charge in [0.05, 0.1) is 16.6 Å². The fourth-order valence-electron chi connectivity index (χ4n) is 4.05. The molecule has 3 aromatic carbocycles. The molecule has 4 rings (SSSR count). The number of alkyl halides is 3. The fourth-order valence-corrected chi connectivity index (χ4v) is 4.05. The van der Waals surface area contributed by atoms with Crippen LogP contribution in [0.4, 0.5) is 24.5 Å². The molecule has 0 bridgehead atoms. The fraction of sp³-hybridized carbons (Fsp3) is 0.304. The predicted octanol–water partition coefficient (Wildman–Crippen LogP) is 4.62. The minimum Gasteiger partial charge on any atom is -0.387 e. The van der Waals surface area contributed by atoms with Gasteiger partial charge in [0.15, 0.2) is 0 Å². The molecule has 32 heavy (non-hydrogen) atoms. The summed E-state index contributed by atoms with van der Waals surface area (Å²) in [6.07, 6.45) is -5.33. The van der Waals surface area contributed by atoms with Crippen molar-refractivity contribution in [3.8, 4) is 0 Å². The zero-order valence-electron chi connectivity index (χ0n) is 17.1. The van der Waals surface area contributed by atoms with Gasteiger partial charge in [-0.3, -0.25) is 15.0 Å². The third kappa shape index (κ3) is 4.68. The summed E-state index contributed by atoms with van der Waals surface area (Å²) in [6, 6.07) is 16.3. The number of piperazine rings is 1. The molecule has 1 saturated heterocycles. The monoisotopic (exact) mass is 445 g/mol. The first kappa shape index (κ1) is 22.0. The Morgan fingerprint density at radius 3 is 2.31 bits per heavy atom. The summed E-state index contributed by atoms with van der Waals surface area (Å²) < 4.78 is 38.8. The molecule has 1 aliphatic heterocycles. The topological polar surface area (TPSA) is 69.9 Å². The van der Waals surface area contributed by atoms with E-state index in [9.17, 15) is 28.4 Å². The van der Waals surface area contributed by atoms with Crippen LogP contribution < -0.4 is 4.90 Å². The molecule has 3 aromatic rings. The van der Waals surface area contributed by atoms with Crippen LogP contribution in [0.1, 0.15) is 17.2 Å². The van der Waals surface area contributed by atoms with Gasteiger partial charge in [0.2, 0.25) is 0 Å². The molecule has 0 spiro atoms. The van der Waals surface area contributed by atoms with E-state index < -0.39 is 28.5 Å². The molecule has 9 heteroatoms. The van der Waals surface area contributed by atoms with Gasteiger partial charge in [0, 0.05) is 38.8 Å². The molecule has 1 aliphatic rings. The van der Waals surface area contributed by atoms with Crippen LogP contribution in [0, 0.1) is 10.1 Å². The standard InChI is InChI=1S/C23H22F3N3O3/c24-23(25,26)19-7-8-20(21(14-19)29(31)32)28-11-9-27(10-12-28)15-22(30)18-6-5-16-3-1-2-4-17(16)13-18/h1-8,13-14,22,30H,9-12,15H2. The number of anilines is 1. The predicted molar refractivity (Wildman–Crippen MR) is 116 cm³/mol. The van der Waals surface area contributed by atoms with Crippen LogP contribution in [0.5, 0.6) is 0 Å². The minimum atomic E-state index is -4.64. The molecular formula is C23H22F3N3O3. The number of nitrogens with zero attached hydrogens (tertiary/aromatic N) is 3. The third-order valence-corrected chi connectivity index (χ3v) is 5.80. The maximum Gasteiger partial charge on any atom is 0.416 e. The Morgan fingerprint density at radius 2 is 1.66 bits per heavy atom. The lowest BCUT2D eigenvalue weighted by Crippen LogP contribution is -2.47. The smallest absolute Gasteiger partial charge is 0.387 e. The lowest BCUT2D eigenvalue weighted by Gasteiger charge is -2.36. The van der Waals surface area contributed by atoms with Gasteiger partial charge in [-0.05, 0) is 34.5 Å². The summed E-state index contributed by atoms with van der Waals surface area (Å²) in [5.41, 5.74) is -0.600. The average molecular weight is 445 g/mol. The van der Waals surface area contributed by atoms with Crippen LogP contribution in [0.2, 0.25) is 0 Å². The molecule has 0 radical (unpaired) electrons. The van der Waals surface area contributed by atoms with E-state index in [1.807, 2.05) is 47.4 Å². The number of benzene rings is 3. The van der Waals surface area contributed by atoms with Crippen molar-refractivity contribution < 1.29 is 23.2 Å². The van der Waals surface area contributed by atoms with Crippen LogP contribution in [-0.4, -0.2) is 47.7 Å². The molecule has 1 heterocycles. The van der Waals surface area contributed by atoms with E-state index in [4.69, 9.17) is 0 Å². The van der Waals surface area contributed by atoms with Crippen molar-refractivity contribution in [3.63, 3.8) is 0 Å². The molecule has 1 unspecified atom stereocenters. The third-order valence-electron chi connectivity index (χ3n) is 5.80. The first-order chi connectivity index (χ1) is 15.2. The number of nitro benzene ring substituents is 1. The zero-order chi connectivity index (χ0) is 22.9. The lowest BCUT2D eigenvalue weighted by molar-refractivity contribution is -0.384. The Bertz CT molecular complexity index is 1130. The summed E-state index contributed by atoms with van der Waals surface area (Å²) in [5, 5.41) is 24.2. The summed E-state index contributed by atoms with van der Waals surface area (Å²) >= 11 is 0. The van der Waals surface area contributed by atoms with E-state index in [1.165, 1.54) is 6.07 Å². The van der Waals surface area contributed by atoms with Crippen molar-refractivity contribution in [2.45, 2.75) is 12.3 Å². The number of β-amino-alcohol motifs (C(OH)–C–C–N with tert-alkyl or cyclic N) is 1. The summed E-state index contributed by atoms with van der Waals surface area (Å²) in [6.45, 7) is 2.29. The largest absolute Gasteiger partial charge is 0.416 e. The number of aliphatic hydroxyl groups is 1. The second-order valence-corrected chi connectivity index (χ2v) is 7.87. The molecular weight excluding hydrogens is 423 g/mol. The van der Waals surface area contributed by atoms with E-state index in [2.05, 4.69) is 0 Å². The van der Waals surface area contributed by atoms with Crippen molar-refractivity contribution in [2.24, 2.45) is 0 Å². The van der Waals surface area contributed by atoms with Crippen molar-refractivity contribution >= 4 is 22.1 Å². The molecule has 1 atom stereocenters. The Morgan fingerprint density at radius 1 is 0.969 bits per heavy atom. The first-order valence-electron chi connectivity index (χ1n) is 10.2. The Labute approximate surface area is 182 Å².